The summed E-state index contributed by atoms with van der Waals surface area (Å²) in [5, 5.41) is 12.1. The second kappa shape index (κ2) is 26.9. The third-order valence-corrected chi connectivity index (χ3v) is 22.7. The van der Waals surface area contributed by atoms with Crippen molar-refractivity contribution in [3.05, 3.63) is 413 Å². The number of nitrogens with zero attached hydrogens (tertiary/aromatic N) is 8. The first-order chi connectivity index (χ1) is 56.1. The summed E-state index contributed by atoms with van der Waals surface area (Å²) in [6.45, 7) is 0. The molecule has 113 heavy (non-hydrogen) atoms. The van der Waals surface area contributed by atoms with Crippen molar-refractivity contribution >= 4 is 109 Å². The van der Waals surface area contributed by atoms with Crippen LogP contribution in [0.25, 0.3) is 205 Å². The van der Waals surface area contributed by atoms with E-state index in [1.54, 1.807) is 0 Å². The molecule has 0 spiro atoms. The SMILES string of the molecule is c1ccc(-c2c(-c3cncc4c3c3ccccc3n4-c3ccc4c(c3)c3ccccc3n4-c3ccccc3)ccc3c2c2ccccc2n3-c2ccccc2)cc1.c1ccc(-c2cc(-c3ccccc3)nc(-n3c4ccccc4c4c(-c5ccc6c(c5)c5ccccc5n6-c5ccccc5)c(-c5ccccc5)ccc43)n2)cc1. The van der Waals surface area contributed by atoms with Gasteiger partial charge in [0, 0.05) is 99.5 Å². The van der Waals surface area contributed by atoms with Gasteiger partial charge in [0.1, 0.15) is 0 Å². The lowest BCUT2D eigenvalue weighted by molar-refractivity contribution is 0.996. The van der Waals surface area contributed by atoms with Gasteiger partial charge in [0.25, 0.3) is 0 Å². The minimum Gasteiger partial charge on any atom is -0.309 e. The topological polar surface area (TPSA) is 63.3 Å². The molecule has 7 heterocycles. The van der Waals surface area contributed by atoms with Gasteiger partial charge in [-0.05, 0) is 154 Å². The van der Waals surface area contributed by atoms with Crippen molar-refractivity contribution in [1.82, 2.24) is 37.8 Å². The van der Waals surface area contributed by atoms with E-state index in [1.807, 2.05) is 18.3 Å². The molecule has 23 rings (SSSR count). The zero-order valence-corrected chi connectivity index (χ0v) is 61.3. The number of benzene rings is 16. The van der Waals surface area contributed by atoms with E-state index in [1.165, 1.54) is 109 Å². The van der Waals surface area contributed by atoms with Crippen molar-refractivity contribution < 1.29 is 0 Å². The summed E-state index contributed by atoms with van der Waals surface area (Å²) < 4.78 is 11.8. The molecule has 0 saturated heterocycles. The highest BCUT2D eigenvalue weighted by Crippen LogP contribution is 2.50. The molecule has 23 aromatic rings. The van der Waals surface area contributed by atoms with Crippen molar-refractivity contribution in [2.45, 2.75) is 0 Å². The van der Waals surface area contributed by atoms with E-state index in [0.717, 1.165) is 89.4 Å². The first kappa shape index (κ1) is 64.9. The molecule has 0 saturated carbocycles. The highest BCUT2D eigenvalue weighted by Gasteiger charge is 2.27. The molecule has 0 aliphatic rings. The van der Waals surface area contributed by atoms with Gasteiger partial charge in [0.05, 0.1) is 72.8 Å². The first-order valence-electron chi connectivity index (χ1n) is 38.5. The molecule has 0 aliphatic carbocycles. The molecule has 0 unspecified atom stereocenters. The van der Waals surface area contributed by atoms with Gasteiger partial charge < -0.3 is 18.3 Å². The van der Waals surface area contributed by atoms with Crippen molar-refractivity contribution in [3.63, 3.8) is 0 Å². The maximum Gasteiger partial charge on any atom is 0.235 e. The van der Waals surface area contributed by atoms with Crippen LogP contribution in [0.4, 0.5) is 0 Å². The normalized spacial score (nSPS) is 11.7. The minimum absolute atomic E-state index is 0.635. The molecule has 0 N–H and O–H groups in total. The number of pyridine rings is 1. The second-order valence-corrected chi connectivity index (χ2v) is 29.0. The lowest BCUT2D eigenvalue weighted by Gasteiger charge is -2.15. The molecule has 7 aromatic heterocycles. The largest absolute Gasteiger partial charge is 0.309 e. The fraction of sp³-hybridized carbons (Fsp3) is 0. The second-order valence-electron chi connectivity index (χ2n) is 29.0. The zero-order chi connectivity index (χ0) is 74.5. The van der Waals surface area contributed by atoms with E-state index in [4.69, 9.17) is 15.0 Å². The van der Waals surface area contributed by atoms with Crippen molar-refractivity contribution in [1.29, 1.82) is 0 Å². The Morgan fingerprint density at radius 1 is 0.177 bits per heavy atom. The first-order valence-corrected chi connectivity index (χ1v) is 38.5. The Balaban J connectivity index is 0.000000138. The van der Waals surface area contributed by atoms with E-state index < -0.39 is 0 Å². The molecule has 0 atom stereocenters. The van der Waals surface area contributed by atoms with Crippen molar-refractivity contribution in [3.8, 4) is 95.7 Å². The third kappa shape index (κ3) is 10.6. The minimum atomic E-state index is 0.635. The maximum atomic E-state index is 5.31. The van der Waals surface area contributed by atoms with Crippen LogP contribution in [-0.4, -0.2) is 37.8 Å². The molecule has 8 nitrogen and oxygen atoms in total. The van der Waals surface area contributed by atoms with Crippen LogP contribution < -0.4 is 0 Å². The molecule has 0 radical (unpaired) electrons. The Labute approximate surface area is 651 Å². The molecule has 0 bridgehead atoms. The predicted molar refractivity (Wildman–Crippen MR) is 471 cm³/mol. The smallest absolute Gasteiger partial charge is 0.235 e. The number of para-hydroxylation sites is 8. The Morgan fingerprint density at radius 3 is 1.03 bits per heavy atom. The molecule has 16 aromatic carbocycles. The third-order valence-electron chi connectivity index (χ3n) is 22.7. The summed E-state index contributed by atoms with van der Waals surface area (Å²) >= 11 is 0. The number of hydrogen-bond acceptors (Lipinski definition) is 3. The highest BCUT2D eigenvalue weighted by atomic mass is 15.2. The van der Waals surface area contributed by atoms with Gasteiger partial charge in [0.15, 0.2) is 0 Å². The molecule has 0 aliphatic heterocycles. The Hall–Kier alpha value is -15.3. The van der Waals surface area contributed by atoms with E-state index in [2.05, 4.69) is 417 Å². The fourth-order valence-electron chi connectivity index (χ4n) is 17.9. The van der Waals surface area contributed by atoms with E-state index in [0.29, 0.717) is 5.95 Å². The molecule has 528 valence electrons. The highest BCUT2D eigenvalue weighted by molar-refractivity contribution is 6.24. The number of fused-ring (bicyclic) bond motifs is 15. The van der Waals surface area contributed by atoms with Crippen LogP contribution in [0, 0.1) is 0 Å². The predicted octanol–water partition coefficient (Wildman–Crippen LogP) is 27.0. The summed E-state index contributed by atoms with van der Waals surface area (Å²) in [6, 6.07) is 143. The molecular formula is C105H68N8. The Morgan fingerprint density at radius 2 is 0.522 bits per heavy atom. The fourth-order valence-corrected chi connectivity index (χ4v) is 17.9. The van der Waals surface area contributed by atoms with E-state index in [-0.39, 0.29) is 0 Å². The molecular weight excluding hydrogens is 1370 g/mol. The lowest BCUT2D eigenvalue weighted by atomic mass is 9.89. The monoisotopic (exact) mass is 1440 g/mol. The average Bonchev–Trinajstić information content (AvgIpc) is 1.56. The van der Waals surface area contributed by atoms with Gasteiger partial charge in [0.2, 0.25) is 5.95 Å². The van der Waals surface area contributed by atoms with Crippen LogP contribution in [0.1, 0.15) is 0 Å². The lowest BCUT2D eigenvalue weighted by Crippen LogP contribution is -2.04. The summed E-state index contributed by atoms with van der Waals surface area (Å²) in [7, 11) is 0. The van der Waals surface area contributed by atoms with Crippen LogP contribution in [0.3, 0.4) is 0 Å². The maximum absolute atomic E-state index is 5.31. The van der Waals surface area contributed by atoms with Gasteiger partial charge in [-0.2, -0.15) is 0 Å². The van der Waals surface area contributed by atoms with E-state index >= 15 is 0 Å². The Kier molecular flexibility index (Phi) is 15.4. The van der Waals surface area contributed by atoms with Crippen LogP contribution in [0.5, 0.6) is 0 Å². The quantitative estimate of drug-likeness (QED) is 0.130. The zero-order valence-electron chi connectivity index (χ0n) is 61.3. The van der Waals surface area contributed by atoms with E-state index in [9.17, 15) is 0 Å². The number of hydrogen-bond donors (Lipinski definition) is 0. The average molecular weight is 1440 g/mol. The van der Waals surface area contributed by atoms with Crippen LogP contribution in [0.2, 0.25) is 0 Å². The molecule has 8 heteroatoms. The summed E-state index contributed by atoms with van der Waals surface area (Å²) in [6.07, 6.45) is 4.11. The Bertz CT molecular complexity index is 7570. The van der Waals surface area contributed by atoms with Crippen molar-refractivity contribution in [2.75, 3.05) is 0 Å². The van der Waals surface area contributed by atoms with Crippen LogP contribution >= 0.6 is 0 Å². The standard InChI is InChI=1S/C53H34N4.C52H34N4/c1-4-16-35(17-5-1)51-40(29-31-49-53(51)42-24-12-15-27-47(42)56(49)37-20-8-3-9-21-37)44-33-54-34-50-52(44)41-23-11-14-26-46(41)57(50)38-28-30-48-43(32-38)39-22-10-13-25-45(39)55(48)36-18-6-2-7-19-36;1-5-17-35(18-6-1)40-30-32-49-51(50(40)38-29-31-48-43(33-38)41-25-13-15-27-46(41)55(48)39-23-11-4-12-24-39)42-26-14-16-28-47(42)56(49)52-53-44(36-19-7-2-8-20-36)34-45(54-52)37-21-9-3-10-22-37/h1-34H;1-34H. The van der Waals surface area contributed by atoms with Crippen molar-refractivity contribution in [2.24, 2.45) is 0 Å². The van der Waals surface area contributed by atoms with Gasteiger partial charge in [-0.1, -0.05) is 285 Å². The summed E-state index contributed by atoms with van der Waals surface area (Å²) in [5.41, 5.74) is 29.2. The summed E-state index contributed by atoms with van der Waals surface area (Å²) in [4.78, 5) is 15.6. The molecule has 0 amide bonds. The van der Waals surface area contributed by atoms with Gasteiger partial charge in [-0.3, -0.25) is 9.55 Å². The van der Waals surface area contributed by atoms with Gasteiger partial charge >= 0.3 is 0 Å². The van der Waals surface area contributed by atoms with Gasteiger partial charge in [-0.25, -0.2) is 9.97 Å². The van der Waals surface area contributed by atoms with Crippen LogP contribution in [0.15, 0.2) is 413 Å². The van der Waals surface area contributed by atoms with Crippen LogP contribution in [-0.2, 0) is 0 Å². The number of rotatable bonds is 11. The number of aromatic nitrogens is 8. The molecule has 0 fully saturated rings. The van der Waals surface area contributed by atoms with Gasteiger partial charge in [-0.15, -0.1) is 0 Å². The summed E-state index contributed by atoms with van der Waals surface area (Å²) in [5.74, 6) is 0.635.